The number of hydrogen-bond acceptors (Lipinski definition) is 5. The van der Waals surface area contributed by atoms with Gasteiger partial charge in [0.2, 0.25) is 0 Å². The van der Waals surface area contributed by atoms with E-state index >= 15 is 0 Å². The summed E-state index contributed by atoms with van der Waals surface area (Å²) in [6.45, 7) is 5.08. The molecule has 0 saturated carbocycles. The van der Waals surface area contributed by atoms with Gasteiger partial charge in [0, 0.05) is 6.07 Å². The number of benzene rings is 1. The Labute approximate surface area is 130 Å². The Morgan fingerprint density at radius 2 is 1.87 bits per heavy atom. The maximum atomic E-state index is 12.7. The van der Waals surface area contributed by atoms with Gasteiger partial charge in [-0.2, -0.15) is 13.2 Å². The van der Waals surface area contributed by atoms with Gasteiger partial charge in [-0.15, -0.1) is 0 Å². The Hall–Kier alpha value is -2.32. The highest BCUT2D eigenvalue weighted by atomic mass is 19.4. The number of alkyl halides is 3. The Bertz CT molecular complexity index is 609. The third-order valence-corrected chi connectivity index (χ3v) is 3.12. The van der Waals surface area contributed by atoms with Crippen molar-refractivity contribution in [3.63, 3.8) is 0 Å². The molecule has 128 valence electrons. The van der Waals surface area contributed by atoms with Crippen LogP contribution in [-0.4, -0.2) is 24.0 Å². The molecule has 0 aliphatic carbocycles. The van der Waals surface area contributed by atoms with Crippen LogP contribution in [0.5, 0.6) is 0 Å². The van der Waals surface area contributed by atoms with Crippen LogP contribution in [0.4, 0.5) is 24.5 Å². The van der Waals surface area contributed by atoms with Gasteiger partial charge in [0.1, 0.15) is 11.7 Å². The molecule has 0 aliphatic rings. The van der Waals surface area contributed by atoms with Crippen LogP contribution in [0.25, 0.3) is 0 Å². The van der Waals surface area contributed by atoms with Crippen LogP contribution in [-0.2, 0) is 15.7 Å². The summed E-state index contributed by atoms with van der Waals surface area (Å²) < 4.78 is 42.7. The molecule has 0 saturated heterocycles. The van der Waals surface area contributed by atoms with Gasteiger partial charge in [0.15, 0.2) is 0 Å². The van der Waals surface area contributed by atoms with Crippen LogP contribution >= 0.6 is 0 Å². The number of methoxy groups -OCH3 is 1. The molecule has 9 heteroatoms. The van der Waals surface area contributed by atoms with Gasteiger partial charge >= 0.3 is 12.1 Å². The first-order valence-electron chi connectivity index (χ1n) is 6.58. The highest BCUT2D eigenvalue weighted by Gasteiger charge is 2.36. The fraction of sp³-hybridized carbons (Fsp3) is 0.500. The quantitative estimate of drug-likeness (QED) is 0.517. The second-order valence-electron chi connectivity index (χ2n) is 5.95. The predicted octanol–water partition coefficient (Wildman–Crippen LogP) is 3.61. The van der Waals surface area contributed by atoms with Gasteiger partial charge in [-0.3, -0.25) is 10.1 Å². The number of nitrogens with one attached hydrogen (secondary N) is 1. The summed E-state index contributed by atoms with van der Waals surface area (Å²) in [5, 5.41) is 13.7. The Balaban J connectivity index is 3.31. The van der Waals surface area contributed by atoms with E-state index in [0.717, 1.165) is 13.2 Å². The van der Waals surface area contributed by atoms with Crippen molar-refractivity contribution in [2.24, 2.45) is 5.41 Å². The molecule has 0 radical (unpaired) electrons. The highest BCUT2D eigenvalue weighted by Crippen LogP contribution is 2.36. The maximum absolute atomic E-state index is 12.7. The molecule has 0 aliphatic heterocycles. The van der Waals surface area contributed by atoms with Crippen molar-refractivity contribution in [3.05, 3.63) is 33.9 Å². The van der Waals surface area contributed by atoms with Crippen molar-refractivity contribution in [1.29, 1.82) is 0 Å². The van der Waals surface area contributed by atoms with E-state index in [4.69, 9.17) is 0 Å². The zero-order chi connectivity index (χ0) is 18.0. The first-order valence-corrected chi connectivity index (χ1v) is 6.58. The number of ether oxygens (including phenoxy) is 1. The molecular formula is C14H17F3N2O4. The molecule has 0 spiro atoms. The lowest BCUT2D eigenvalue weighted by molar-refractivity contribution is -0.384. The number of hydrogen-bond donors (Lipinski definition) is 1. The second kappa shape index (κ2) is 6.43. The van der Waals surface area contributed by atoms with Gasteiger partial charge in [0.25, 0.3) is 5.69 Å². The minimum atomic E-state index is -4.70. The number of nitro benzene ring substituents is 1. The number of carbonyl (C=O) groups excluding carboxylic acids is 1. The molecule has 0 unspecified atom stereocenters. The van der Waals surface area contributed by atoms with Crippen LogP contribution in [0, 0.1) is 15.5 Å². The van der Waals surface area contributed by atoms with E-state index in [1.165, 1.54) is 0 Å². The monoisotopic (exact) mass is 334 g/mol. The second-order valence-corrected chi connectivity index (χ2v) is 5.95. The molecule has 1 N–H and O–H groups in total. The van der Waals surface area contributed by atoms with Crippen molar-refractivity contribution in [1.82, 2.24) is 0 Å². The summed E-state index contributed by atoms with van der Waals surface area (Å²) in [7, 11) is 1.16. The van der Waals surface area contributed by atoms with Crippen molar-refractivity contribution in [3.8, 4) is 0 Å². The topological polar surface area (TPSA) is 81.5 Å². The number of carbonyl (C=O) groups is 1. The van der Waals surface area contributed by atoms with E-state index in [-0.39, 0.29) is 5.69 Å². The van der Waals surface area contributed by atoms with E-state index in [1.807, 2.05) is 0 Å². The Morgan fingerprint density at radius 1 is 1.30 bits per heavy atom. The number of halogens is 3. The third-order valence-electron chi connectivity index (χ3n) is 3.12. The predicted molar refractivity (Wildman–Crippen MR) is 77.0 cm³/mol. The first-order chi connectivity index (χ1) is 10.4. The molecule has 0 aromatic heterocycles. The molecule has 23 heavy (non-hydrogen) atoms. The lowest BCUT2D eigenvalue weighted by Gasteiger charge is -2.29. The minimum absolute atomic E-state index is 0.187. The number of nitrogens with zero attached hydrogens (tertiary/aromatic N) is 1. The molecule has 0 bridgehead atoms. The largest absolute Gasteiger partial charge is 0.467 e. The van der Waals surface area contributed by atoms with Crippen LogP contribution in [0.1, 0.15) is 26.3 Å². The Morgan fingerprint density at radius 3 is 2.26 bits per heavy atom. The first kappa shape index (κ1) is 18.7. The molecule has 1 atom stereocenters. The summed E-state index contributed by atoms with van der Waals surface area (Å²) in [6, 6.07) is 1.11. The molecule has 1 aromatic carbocycles. The van der Waals surface area contributed by atoms with Gasteiger partial charge in [-0.25, -0.2) is 4.79 Å². The van der Waals surface area contributed by atoms with Gasteiger partial charge in [0.05, 0.1) is 17.6 Å². The van der Waals surface area contributed by atoms with Gasteiger partial charge < -0.3 is 10.1 Å². The SMILES string of the molecule is COC(=O)[C@H](Nc1ccc(C(F)(F)F)cc1[N+](=O)[O-])C(C)(C)C. The summed E-state index contributed by atoms with van der Waals surface area (Å²) >= 11 is 0. The van der Waals surface area contributed by atoms with Crippen molar-refractivity contribution in [2.45, 2.75) is 33.0 Å². The summed E-state index contributed by atoms with van der Waals surface area (Å²) in [4.78, 5) is 22.0. The standard InChI is InChI=1S/C14H17F3N2O4/c1-13(2,3)11(12(20)23-4)18-9-6-5-8(14(15,16)17)7-10(9)19(21)22/h5-7,11,18H,1-4H3/t11-/m0/s1. The summed E-state index contributed by atoms with van der Waals surface area (Å²) in [5.41, 5.74) is -2.77. The van der Waals surface area contributed by atoms with Gasteiger partial charge in [-0.05, 0) is 17.5 Å². The average molecular weight is 334 g/mol. The highest BCUT2D eigenvalue weighted by molar-refractivity contribution is 5.81. The zero-order valence-corrected chi connectivity index (χ0v) is 13.0. The van der Waals surface area contributed by atoms with Crippen molar-refractivity contribution >= 4 is 17.3 Å². The van der Waals surface area contributed by atoms with Gasteiger partial charge in [-0.1, -0.05) is 20.8 Å². The van der Waals surface area contributed by atoms with Crippen LogP contribution in [0.2, 0.25) is 0 Å². The summed E-state index contributed by atoms with van der Waals surface area (Å²) in [6.07, 6.45) is -4.70. The normalized spacial score (nSPS) is 13.3. The smallest absolute Gasteiger partial charge is 0.416 e. The van der Waals surface area contributed by atoms with E-state index in [2.05, 4.69) is 10.1 Å². The average Bonchev–Trinajstić information content (AvgIpc) is 2.41. The number of anilines is 1. The zero-order valence-electron chi connectivity index (χ0n) is 13.0. The van der Waals surface area contributed by atoms with E-state index in [9.17, 15) is 28.1 Å². The van der Waals surface area contributed by atoms with E-state index < -0.39 is 39.8 Å². The number of rotatable bonds is 4. The van der Waals surface area contributed by atoms with E-state index in [1.54, 1.807) is 20.8 Å². The van der Waals surface area contributed by atoms with Crippen molar-refractivity contribution < 1.29 is 27.6 Å². The lowest BCUT2D eigenvalue weighted by atomic mass is 9.86. The molecule has 1 rings (SSSR count). The molecule has 0 fully saturated rings. The maximum Gasteiger partial charge on any atom is 0.416 e. The molecular weight excluding hydrogens is 317 g/mol. The molecule has 0 heterocycles. The van der Waals surface area contributed by atoms with Crippen molar-refractivity contribution in [2.75, 3.05) is 12.4 Å². The number of nitro groups is 1. The van der Waals surface area contributed by atoms with E-state index in [0.29, 0.717) is 12.1 Å². The fourth-order valence-electron chi connectivity index (χ4n) is 1.88. The minimum Gasteiger partial charge on any atom is -0.467 e. The Kier molecular flexibility index (Phi) is 5.24. The van der Waals surface area contributed by atoms with Crippen LogP contribution < -0.4 is 5.32 Å². The molecule has 1 aromatic rings. The summed E-state index contributed by atoms with van der Waals surface area (Å²) in [5.74, 6) is -0.674. The third kappa shape index (κ3) is 4.57. The fourth-order valence-corrected chi connectivity index (χ4v) is 1.88. The molecule has 6 nitrogen and oxygen atoms in total. The lowest BCUT2D eigenvalue weighted by Crippen LogP contribution is -2.42. The molecule has 0 amide bonds. The number of esters is 1. The van der Waals surface area contributed by atoms with Crippen LogP contribution in [0.3, 0.4) is 0 Å². The van der Waals surface area contributed by atoms with Crippen LogP contribution in [0.15, 0.2) is 18.2 Å².